The first-order valence-electron chi connectivity index (χ1n) is 3.54. The lowest BCUT2D eigenvalue weighted by Gasteiger charge is -1.99. The van der Waals surface area contributed by atoms with E-state index < -0.39 is 10.0 Å². The molecule has 0 saturated heterocycles. The van der Waals surface area contributed by atoms with Gasteiger partial charge < -0.3 is 0 Å². The molecule has 0 unspecified atom stereocenters. The Labute approximate surface area is 90.4 Å². The van der Waals surface area contributed by atoms with Crippen LogP contribution in [0.15, 0.2) is 10.4 Å². The lowest BCUT2D eigenvalue weighted by Crippen LogP contribution is -2.23. The molecule has 1 aromatic heterocycles. The number of nitriles is 1. The summed E-state index contributed by atoms with van der Waals surface area (Å²) in [5.41, 5.74) is 0. The van der Waals surface area contributed by atoms with E-state index >= 15 is 0 Å². The minimum absolute atomic E-state index is 0.0560. The Balaban J connectivity index is 2.72. The topological polar surface area (TPSA) is 82.9 Å². The SMILES string of the molecule is N#CCCNS(=O)(=O)c1cnc(Cl)s1. The molecule has 76 valence electrons. The summed E-state index contributed by atoms with van der Waals surface area (Å²) in [6.07, 6.45) is 1.31. The van der Waals surface area contributed by atoms with Crippen molar-refractivity contribution in [2.45, 2.75) is 10.6 Å². The zero-order chi connectivity index (χ0) is 10.6. The van der Waals surface area contributed by atoms with Crippen molar-refractivity contribution < 1.29 is 8.42 Å². The quantitative estimate of drug-likeness (QED) is 0.809. The van der Waals surface area contributed by atoms with Gasteiger partial charge in [0.1, 0.15) is 0 Å². The van der Waals surface area contributed by atoms with Crippen molar-refractivity contribution in [2.24, 2.45) is 0 Å². The van der Waals surface area contributed by atoms with Crippen molar-refractivity contribution >= 4 is 33.0 Å². The number of nitrogens with one attached hydrogen (secondary N) is 1. The average Bonchev–Trinajstić information content (AvgIpc) is 2.53. The van der Waals surface area contributed by atoms with E-state index in [4.69, 9.17) is 16.9 Å². The van der Waals surface area contributed by atoms with Gasteiger partial charge in [-0.2, -0.15) is 5.26 Å². The van der Waals surface area contributed by atoms with Crippen LogP contribution in [0.1, 0.15) is 6.42 Å². The Morgan fingerprint density at radius 3 is 2.93 bits per heavy atom. The zero-order valence-corrected chi connectivity index (χ0v) is 9.29. The highest BCUT2D eigenvalue weighted by Gasteiger charge is 2.16. The van der Waals surface area contributed by atoms with Crippen LogP contribution >= 0.6 is 22.9 Å². The molecule has 0 fully saturated rings. The van der Waals surface area contributed by atoms with Gasteiger partial charge in [0.15, 0.2) is 8.68 Å². The molecule has 0 spiro atoms. The number of hydrogen-bond donors (Lipinski definition) is 1. The molecule has 14 heavy (non-hydrogen) atoms. The Morgan fingerprint density at radius 1 is 1.71 bits per heavy atom. The minimum Gasteiger partial charge on any atom is -0.232 e. The van der Waals surface area contributed by atoms with Gasteiger partial charge in [-0.3, -0.25) is 0 Å². The van der Waals surface area contributed by atoms with Gasteiger partial charge >= 0.3 is 0 Å². The van der Waals surface area contributed by atoms with Crippen molar-refractivity contribution in [3.8, 4) is 6.07 Å². The molecule has 1 aromatic rings. The number of thiazole rings is 1. The standard InChI is InChI=1S/C6H6ClN3O2S2/c7-6-9-4-5(13-6)14(11,12)10-3-1-2-8/h4,10H,1,3H2. The summed E-state index contributed by atoms with van der Waals surface area (Å²) in [7, 11) is -3.54. The summed E-state index contributed by atoms with van der Waals surface area (Å²) < 4.78 is 25.3. The number of nitrogens with zero attached hydrogens (tertiary/aromatic N) is 2. The van der Waals surface area contributed by atoms with Crippen molar-refractivity contribution in [3.05, 3.63) is 10.7 Å². The molecule has 0 saturated carbocycles. The Kier molecular flexibility index (Phi) is 3.83. The van der Waals surface area contributed by atoms with Crippen LogP contribution in [0.25, 0.3) is 0 Å². The maximum atomic E-state index is 11.4. The highest BCUT2D eigenvalue weighted by Crippen LogP contribution is 2.21. The van der Waals surface area contributed by atoms with E-state index in [0.29, 0.717) is 0 Å². The molecular weight excluding hydrogens is 246 g/mol. The van der Waals surface area contributed by atoms with Crippen molar-refractivity contribution in [1.82, 2.24) is 9.71 Å². The Bertz CT molecular complexity index is 448. The highest BCUT2D eigenvalue weighted by atomic mass is 35.5. The second-order valence-electron chi connectivity index (χ2n) is 2.24. The number of aromatic nitrogens is 1. The number of sulfonamides is 1. The van der Waals surface area contributed by atoms with E-state index in [-0.39, 0.29) is 21.6 Å². The molecule has 0 amide bonds. The predicted octanol–water partition coefficient (Wildman–Crippen LogP) is 0.988. The molecule has 0 aromatic carbocycles. The molecule has 1 heterocycles. The third-order valence-electron chi connectivity index (χ3n) is 1.25. The lowest BCUT2D eigenvalue weighted by molar-refractivity contribution is 0.584. The minimum atomic E-state index is -3.54. The van der Waals surface area contributed by atoms with Crippen LogP contribution in [-0.2, 0) is 10.0 Å². The van der Waals surface area contributed by atoms with E-state index in [9.17, 15) is 8.42 Å². The fourth-order valence-corrected chi connectivity index (χ4v) is 3.04. The second-order valence-corrected chi connectivity index (χ2v) is 5.84. The summed E-state index contributed by atoms with van der Waals surface area (Å²) in [4.78, 5) is 3.61. The fraction of sp³-hybridized carbons (Fsp3) is 0.333. The van der Waals surface area contributed by atoms with E-state index in [1.165, 1.54) is 6.20 Å². The number of halogens is 1. The smallest absolute Gasteiger partial charge is 0.232 e. The molecule has 0 atom stereocenters. The van der Waals surface area contributed by atoms with Crippen LogP contribution in [0.3, 0.4) is 0 Å². The first-order valence-corrected chi connectivity index (χ1v) is 6.22. The van der Waals surface area contributed by atoms with Gasteiger partial charge in [0.25, 0.3) is 10.0 Å². The van der Waals surface area contributed by atoms with E-state index in [0.717, 1.165) is 11.3 Å². The van der Waals surface area contributed by atoms with E-state index in [1.54, 1.807) is 0 Å². The van der Waals surface area contributed by atoms with Crippen LogP contribution in [0.2, 0.25) is 4.47 Å². The maximum absolute atomic E-state index is 11.4. The monoisotopic (exact) mass is 251 g/mol. The van der Waals surface area contributed by atoms with Crippen LogP contribution in [0.4, 0.5) is 0 Å². The number of rotatable bonds is 4. The molecule has 0 radical (unpaired) electrons. The zero-order valence-electron chi connectivity index (χ0n) is 6.90. The predicted molar refractivity (Wildman–Crippen MR) is 52.5 cm³/mol. The first-order chi connectivity index (χ1) is 6.56. The van der Waals surface area contributed by atoms with Gasteiger partial charge in [0.2, 0.25) is 0 Å². The van der Waals surface area contributed by atoms with Gasteiger partial charge in [-0.15, -0.1) is 0 Å². The second kappa shape index (κ2) is 4.70. The van der Waals surface area contributed by atoms with Crippen LogP contribution in [0, 0.1) is 11.3 Å². The lowest BCUT2D eigenvalue weighted by atomic mass is 10.5. The molecule has 1 rings (SSSR count). The molecule has 5 nitrogen and oxygen atoms in total. The molecule has 0 aliphatic rings. The van der Waals surface area contributed by atoms with Crippen LogP contribution in [-0.4, -0.2) is 19.9 Å². The number of hydrogen-bond acceptors (Lipinski definition) is 5. The normalized spacial score (nSPS) is 11.1. The molecule has 1 N–H and O–H groups in total. The third kappa shape index (κ3) is 2.92. The average molecular weight is 252 g/mol. The molecule has 0 aliphatic heterocycles. The van der Waals surface area contributed by atoms with Gasteiger partial charge in [-0.25, -0.2) is 18.1 Å². The third-order valence-corrected chi connectivity index (χ3v) is 4.29. The fourth-order valence-electron chi connectivity index (χ4n) is 0.676. The van der Waals surface area contributed by atoms with Crippen molar-refractivity contribution in [2.75, 3.05) is 6.54 Å². The van der Waals surface area contributed by atoms with Gasteiger partial charge in [0.05, 0.1) is 12.3 Å². The van der Waals surface area contributed by atoms with Gasteiger partial charge in [-0.1, -0.05) is 22.9 Å². The molecule has 8 heteroatoms. The molecule has 0 aliphatic carbocycles. The first kappa shape index (κ1) is 11.4. The highest BCUT2D eigenvalue weighted by molar-refractivity contribution is 7.91. The van der Waals surface area contributed by atoms with Gasteiger partial charge in [0, 0.05) is 13.0 Å². The van der Waals surface area contributed by atoms with Gasteiger partial charge in [-0.05, 0) is 0 Å². The maximum Gasteiger partial charge on any atom is 0.251 e. The van der Waals surface area contributed by atoms with Crippen LogP contribution < -0.4 is 4.72 Å². The van der Waals surface area contributed by atoms with E-state index in [2.05, 4.69) is 9.71 Å². The van der Waals surface area contributed by atoms with Crippen molar-refractivity contribution in [3.63, 3.8) is 0 Å². The largest absolute Gasteiger partial charge is 0.251 e. The van der Waals surface area contributed by atoms with Crippen molar-refractivity contribution in [1.29, 1.82) is 5.26 Å². The summed E-state index contributed by atoms with van der Waals surface area (Å²) in [6, 6.07) is 1.83. The molecule has 0 bridgehead atoms. The summed E-state index contributed by atoms with van der Waals surface area (Å²) >= 11 is 6.36. The Hall–Kier alpha value is -0.680. The summed E-state index contributed by atoms with van der Waals surface area (Å²) in [6.45, 7) is 0.0916. The summed E-state index contributed by atoms with van der Waals surface area (Å²) in [5, 5.41) is 8.22. The molecular formula is C6H6ClN3O2S2. The Morgan fingerprint density at radius 2 is 2.43 bits per heavy atom. The van der Waals surface area contributed by atoms with E-state index in [1.807, 2.05) is 6.07 Å². The van der Waals surface area contributed by atoms with Crippen LogP contribution in [0.5, 0.6) is 0 Å². The summed E-state index contributed by atoms with van der Waals surface area (Å²) in [5.74, 6) is 0.